The second-order valence-corrected chi connectivity index (χ2v) is 22.0. The van der Waals surface area contributed by atoms with Crippen molar-refractivity contribution < 1.29 is 28.6 Å². The molecule has 0 heterocycles. The molecule has 0 amide bonds. The summed E-state index contributed by atoms with van der Waals surface area (Å²) in [6, 6.07) is 0. The average Bonchev–Trinajstić information content (AvgIpc) is 3.47. The van der Waals surface area contributed by atoms with E-state index in [1.807, 2.05) is 0 Å². The Morgan fingerprint density at radius 1 is 0.256 bits per heavy atom. The maximum absolute atomic E-state index is 12.9. The minimum atomic E-state index is -0.820. The third kappa shape index (κ3) is 66.1. The highest BCUT2D eigenvalue weighted by Crippen LogP contribution is 2.15. The summed E-state index contributed by atoms with van der Waals surface area (Å²) in [5, 5.41) is 0. The lowest BCUT2D eigenvalue weighted by atomic mass is 10.0. The van der Waals surface area contributed by atoms with Gasteiger partial charge >= 0.3 is 17.9 Å². The van der Waals surface area contributed by atoms with Gasteiger partial charge in [-0.2, -0.15) is 0 Å². The Kier molecular flexibility index (Phi) is 64.8. The number of hydrogen-bond acceptors (Lipinski definition) is 6. The summed E-state index contributed by atoms with van der Waals surface area (Å²) in [6.45, 7) is 6.37. The van der Waals surface area contributed by atoms with E-state index in [0.29, 0.717) is 19.3 Å². The molecule has 0 spiro atoms. The van der Waals surface area contributed by atoms with E-state index < -0.39 is 6.10 Å². The van der Waals surface area contributed by atoms with Gasteiger partial charge in [0.25, 0.3) is 0 Å². The molecule has 0 saturated carbocycles. The van der Waals surface area contributed by atoms with Crippen molar-refractivity contribution in [2.75, 3.05) is 13.2 Å². The van der Waals surface area contributed by atoms with Gasteiger partial charge in [0.1, 0.15) is 13.2 Å². The monoisotopic (exact) mass is 1130 g/mol. The average molecular weight is 1130 g/mol. The van der Waals surface area contributed by atoms with Gasteiger partial charge in [0.15, 0.2) is 6.10 Å². The summed E-state index contributed by atoms with van der Waals surface area (Å²) in [6.07, 6.45) is 98.6. The van der Waals surface area contributed by atoms with Crippen molar-refractivity contribution in [2.24, 2.45) is 0 Å². The van der Waals surface area contributed by atoms with Crippen molar-refractivity contribution in [3.05, 3.63) is 146 Å². The van der Waals surface area contributed by atoms with Crippen molar-refractivity contribution >= 4 is 17.9 Å². The van der Waals surface area contributed by atoms with Crippen LogP contribution in [-0.2, 0) is 28.6 Å². The first-order valence-corrected chi connectivity index (χ1v) is 33.8. The highest BCUT2D eigenvalue weighted by Gasteiger charge is 2.19. The molecule has 82 heavy (non-hydrogen) atoms. The van der Waals surface area contributed by atoms with E-state index in [1.165, 1.54) is 122 Å². The Morgan fingerprint density at radius 3 is 0.793 bits per heavy atom. The fraction of sp³-hybridized carbons (Fsp3) is 0.645. The number of ether oxygens (including phenoxy) is 3. The van der Waals surface area contributed by atoms with Gasteiger partial charge in [0.2, 0.25) is 0 Å². The van der Waals surface area contributed by atoms with Gasteiger partial charge in [-0.1, -0.05) is 289 Å². The molecule has 0 N–H and O–H groups in total. The lowest BCUT2D eigenvalue weighted by Gasteiger charge is -2.18. The topological polar surface area (TPSA) is 78.9 Å². The van der Waals surface area contributed by atoms with Crippen LogP contribution in [0, 0.1) is 0 Å². The standard InChI is InChI=1S/C76H124O6/c1-4-7-10-13-16-19-22-25-28-31-33-35-37-38-40-41-43-45-48-51-54-57-60-63-66-69-75(78)81-72-73(71-80-74(77)68-65-62-59-56-53-50-47-30-27-24-21-18-15-12-9-6-3)82-76(79)70-67-64-61-58-55-52-49-46-44-42-39-36-34-32-29-26-23-20-17-14-11-8-5-2/h7-8,10-11,16-17,19-20,25-26,28-30,33-36,42,44,47,49,52,58,61,73H,4-6,9,12-15,18,21-24,27,31-32,37-41,43,45-46,48,50-51,53-57,59-60,62-72H2,1-3H3/b10-7-,11-8-,19-16-,20-17-,28-25-,29-26-,35-33-,36-34-,44-42-,47-30-,52-49-,61-58-. The molecule has 6 heteroatoms. The molecule has 0 aliphatic rings. The predicted octanol–water partition coefficient (Wildman–Crippen LogP) is 23.5. The molecule has 0 radical (unpaired) electrons. The Bertz CT molecular complexity index is 1780. The molecule has 0 aromatic carbocycles. The van der Waals surface area contributed by atoms with E-state index in [-0.39, 0.29) is 37.5 Å². The molecule has 0 aliphatic heterocycles. The van der Waals surface area contributed by atoms with Crippen LogP contribution in [0.3, 0.4) is 0 Å². The first-order valence-electron chi connectivity index (χ1n) is 33.8. The van der Waals surface area contributed by atoms with Crippen molar-refractivity contribution in [2.45, 2.75) is 303 Å². The van der Waals surface area contributed by atoms with Crippen LogP contribution in [0.1, 0.15) is 297 Å². The zero-order chi connectivity index (χ0) is 59.2. The molecular formula is C76H124O6. The number of hydrogen-bond donors (Lipinski definition) is 0. The summed E-state index contributed by atoms with van der Waals surface area (Å²) in [4.78, 5) is 38.4. The molecule has 0 saturated heterocycles. The van der Waals surface area contributed by atoms with E-state index in [9.17, 15) is 14.4 Å². The molecule has 0 aliphatic carbocycles. The fourth-order valence-corrected chi connectivity index (χ4v) is 9.07. The maximum atomic E-state index is 12.9. The molecule has 0 fully saturated rings. The molecule has 1 atom stereocenters. The van der Waals surface area contributed by atoms with Gasteiger partial charge in [-0.15, -0.1) is 0 Å². The summed E-state index contributed by atoms with van der Waals surface area (Å²) < 4.78 is 16.9. The van der Waals surface area contributed by atoms with Crippen molar-refractivity contribution in [3.8, 4) is 0 Å². The van der Waals surface area contributed by atoms with Crippen LogP contribution in [-0.4, -0.2) is 37.2 Å². The van der Waals surface area contributed by atoms with Crippen LogP contribution in [0.25, 0.3) is 0 Å². The van der Waals surface area contributed by atoms with Crippen LogP contribution >= 0.6 is 0 Å². The molecule has 0 aromatic rings. The quantitative estimate of drug-likeness (QED) is 0.0261. The molecule has 0 bridgehead atoms. The zero-order valence-electron chi connectivity index (χ0n) is 53.2. The molecule has 0 rings (SSSR count). The Labute approximate surface area is 506 Å². The Hall–Kier alpha value is -4.71. The van der Waals surface area contributed by atoms with Crippen molar-refractivity contribution in [1.29, 1.82) is 0 Å². The van der Waals surface area contributed by atoms with Crippen LogP contribution in [0.5, 0.6) is 0 Å². The highest BCUT2D eigenvalue weighted by atomic mass is 16.6. The van der Waals surface area contributed by atoms with Crippen LogP contribution in [0.2, 0.25) is 0 Å². The van der Waals surface area contributed by atoms with Gasteiger partial charge in [-0.3, -0.25) is 14.4 Å². The van der Waals surface area contributed by atoms with Gasteiger partial charge in [0.05, 0.1) is 0 Å². The van der Waals surface area contributed by atoms with E-state index in [1.54, 1.807) is 0 Å². The normalized spacial score (nSPS) is 13.1. The molecule has 1 unspecified atom stereocenters. The molecule has 6 nitrogen and oxygen atoms in total. The third-order valence-electron chi connectivity index (χ3n) is 14.1. The highest BCUT2D eigenvalue weighted by molar-refractivity contribution is 5.71. The van der Waals surface area contributed by atoms with E-state index in [2.05, 4.69) is 167 Å². The number of rotatable bonds is 60. The lowest BCUT2D eigenvalue weighted by Crippen LogP contribution is -2.30. The van der Waals surface area contributed by atoms with E-state index in [0.717, 1.165) is 128 Å². The molecular weight excluding hydrogens is 1010 g/mol. The van der Waals surface area contributed by atoms with Crippen LogP contribution in [0.4, 0.5) is 0 Å². The molecule has 464 valence electrons. The first kappa shape index (κ1) is 77.3. The minimum Gasteiger partial charge on any atom is -0.462 e. The number of carbonyl (C=O) groups is 3. The second-order valence-electron chi connectivity index (χ2n) is 22.0. The predicted molar refractivity (Wildman–Crippen MR) is 357 cm³/mol. The van der Waals surface area contributed by atoms with Crippen molar-refractivity contribution in [1.82, 2.24) is 0 Å². The maximum Gasteiger partial charge on any atom is 0.306 e. The SMILES string of the molecule is CC/C=C\C/C=C\C/C=C\C/C=C\C/C=C\C/C=C\C/C=C\CCCC(=O)OC(COC(=O)CCCCCCC/C=C\CCCCCCCCC)COC(=O)CCCCCCCCCCCCCC/C=C\C/C=C\C/C=C\C/C=C\CC. The van der Waals surface area contributed by atoms with Crippen LogP contribution in [0.15, 0.2) is 146 Å². The molecule has 0 aromatic heterocycles. The van der Waals surface area contributed by atoms with E-state index >= 15 is 0 Å². The first-order chi connectivity index (χ1) is 40.5. The number of allylic oxidation sites excluding steroid dienone is 24. The smallest absolute Gasteiger partial charge is 0.306 e. The summed E-state index contributed by atoms with van der Waals surface area (Å²) in [5.74, 6) is -0.975. The van der Waals surface area contributed by atoms with Gasteiger partial charge in [-0.25, -0.2) is 0 Å². The van der Waals surface area contributed by atoms with Gasteiger partial charge in [0, 0.05) is 19.3 Å². The number of unbranched alkanes of at least 4 members (excludes halogenated alkanes) is 25. The summed E-state index contributed by atoms with van der Waals surface area (Å²) in [7, 11) is 0. The Morgan fingerprint density at radius 2 is 0.488 bits per heavy atom. The summed E-state index contributed by atoms with van der Waals surface area (Å²) in [5.41, 5.74) is 0. The van der Waals surface area contributed by atoms with Gasteiger partial charge in [-0.05, 0) is 135 Å². The fourth-order valence-electron chi connectivity index (χ4n) is 9.07. The zero-order valence-corrected chi connectivity index (χ0v) is 53.2. The largest absolute Gasteiger partial charge is 0.462 e. The van der Waals surface area contributed by atoms with Crippen LogP contribution < -0.4 is 0 Å². The van der Waals surface area contributed by atoms with E-state index in [4.69, 9.17) is 14.2 Å². The van der Waals surface area contributed by atoms with Crippen molar-refractivity contribution in [3.63, 3.8) is 0 Å². The minimum absolute atomic E-state index is 0.109. The number of esters is 3. The second kappa shape index (κ2) is 68.8. The van der Waals surface area contributed by atoms with Gasteiger partial charge < -0.3 is 14.2 Å². The lowest BCUT2D eigenvalue weighted by molar-refractivity contribution is -0.167. The summed E-state index contributed by atoms with van der Waals surface area (Å²) >= 11 is 0. The number of carbonyl (C=O) groups excluding carboxylic acids is 3. The third-order valence-corrected chi connectivity index (χ3v) is 14.1. The Balaban J connectivity index is 4.47.